The van der Waals surface area contributed by atoms with E-state index in [4.69, 9.17) is 9.84 Å². The zero-order chi connectivity index (χ0) is 11.4. The van der Waals surface area contributed by atoms with Crippen LogP contribution < -0.4 is 5.32 Å². The molecule has 0 rings (SSSR count). The molecule has 0 unspecified atom stereocenters. The fourth-order valence-corrected chi connectivity index (χ4v) is 0.574. The van der Waals surface area contributed by atoms with Crippen LogP contribution in [0.4, 0.5) is 9.18 Å². The van der Waals surface area contributed by atoms with Crippen molar-refractivity contribution in [1.82, 2.24) is 5.32 Å². The van der Waals surface area contributed by atoms with Crippen molar-refractivity contribution in [2.45, 2.75) is 32.5 Å². The van der Waals surface area contributed by atoms with E-state index in [-0.39, 0.29) is 0 Å². The Morgan fingerprint density at radius 1 is 1.50 bits per heavy atom. The Balaban J connectivity index is 3.81. The fraction of sp³-hybridized carbons (Fsp3) is 0.750. The summed E-state index contributed by atoms with van der Waals surface area (Å²) in [6.45, 7) is 4.36. The van der Waals surface area contributed by atoms with Crippen molar-refractivity contribution in [2.24, 2.45) is 0 Å². The zero-order valence-corrected chi connectivity index (χ0v) is 8.33. The first-order valence-electron chi connectivity index (χ1n) is 4.06. The summed E-state index contributed by atoms with van der Waals surface area (Å²) in [5, 5.41) is 10.2. The van der Waals surface area contributed by atoms with Gasteiger partial charge >= 0.3 is 12.1 Å². The molecule has 0 aliphatic rings. The molecule has 82 valence electrons. The van der Waals surface area contributed by atoms with Crippen molar-refractivity contribution in [2.75, 3.05) is 6.54 Å². The molecule has 0 aromatic heterocycles. The van der Waals surface area contributed by atoms with Crippen LogP contribution in [0.25, 0.3) is 0 Å². The van der Waals surface area contributed by atoms with E-state index in [9.17, 15) is 14.0 Å². The summed E-state index contributed by atoms with van der Waals surface area (Å²) in [6, 6.07) is 0. The predicted octanol–water partition coefficient (Wildman–Crippen LogP) is 0.934. The molecule has 0 aromatic rings. The lowest BCUT2D eigenvalue weighted by Gasteiger charge is -2.19. The molecule has 0 saturated carbocycles. The summed E-state index contributed by atoms with van der Waals surface area (Å²) in [6.07, 6.45) is -2.94. The number of rotatable bonds is 3. The number of carboxylic acids is 1. The van der Waals surface area contributed by atoms with Gasteiger partial charge in [0, 0.05) is 0 Å². The lowest BCUT2D eigenvalue weighted by atomic mass is 10.2. The maximum absolute atomic E-state index is 12.4. The van der Waals surface area contributed by atoms with Gasteiger partial charge in [0.1, 0.15) is 5.60 Å². The summed E-state index contributed by atoms with van der Waals surface area (Å²) < 4.78 is 17.2. The van der Waals surface area contributed by atoms with Crippen molar-refractivity contribution in [1.29, 1.82) is 0 Å². The van der Waals surface area contributed by atoms with E-state index < -0.39 is 30.4 Å². The minimum Gasteiger partial charge on any atom is -0.479 e. The van der Waals surface area contributed by atoms with Gasteiger partial charge in [-0.2, -0.15) is 0 Å². The lowest BCUT2D eigenvalue weighted by molar-refractivity contribution is -0.142. The summed E-state index contributed by atoms with van der Waals surface area (Å²) in [7, 11) is 0. The number of carbonyl (C=O) groups excluding carboxylic acids is 1. The highest BCUT2D eigenvalue weighted by molar-refractivity contribution is 5.74. The molecule has 1 atom stereocenters. The van der Waals surface area contributed by atoms with Crippen LogP contribution in [0.1, 0.15) is 20.8 Å². The number of nitrogens with one attached hydrogen (secondary N) is 1. The number of ether oxygens (including phenoxy) is 1. The molecule has 0 saturated heterocycles. The number of amides is 1. The maximum Gasteiger partial charge on any atom is 0.407 e. The van der Waals surface area contributed by atoms with Crippen LogP contribution in [0, 0.1) is 0 Å². The van der Waals surface area contributed by atoms with Gasteiger partial charge in [0.25, 0.3) is 0 Å². The number of hydrogen-bond donors (Lipinski definition) is 2. The average Bonchev–Trinajstić information content (AvgIpc) is 1.96. The van der Waals surface area contributed by atoms with Gasteiger partial charge in [0.15, 0.2) is 0 Å². The van der Waals surface area contributed by atoms with E-state index in [0.717, 1.165) is 0 Å². The Bertz CT molecular complexity index is 224. The van der Waals surface area contributed by atoms with Crippen molar-refractivity contribution >= 4 is 12.1 Å². The first kappa shape index (κ1) is 12.7. The van der Waals surface area contributed by atoms with Crippen LogP contribution in [0.2, 0.25) is 0 Å². The summed E-state index contributed by atoms with van der Waals surface area (Å²) in [4.78, 5) is 20.9. The number of hydrogen-bond acceptors (Lipinski definition) is 3. The monoisotopic (exact) mass is 207 g/mol. The maximum atomic E-state index is 12.4. The van der Waals surface area contributed by atoms with Crippen LogP contribution >= 0.6 is 0 Å². The number of halogens is 1. The SMILES string of the molecule is CC(C)(C)OC(=O)NC[C@H](F)C(=O)O. The Morgan fingerprint density at radius 3 is 2.36 bits per heavy atom. The van der Waals surface area contributed by atoms with Gasteiger partial charge in [-0.1, -0.05) is 0 Å². The summed E-state index contributed by atoms with van der Waals surface area (Å²) >= 11 is 0. The number of carbonyl (C=O) groups is 2. The molecule has 0 aliphatic carbocycles. The highest BCUT2D eigenvalue weighted by Gasteiger charge is 2.20. The standard InChI is InChI=1S/C8H14FNO4/c1-8(2,3)14-7(13)10-4-5(9)6(11)12/h5H,4H2,1-3H3,(H,10,13)(H,11,12)/t5-/m0/s1. The first-order valence-corrected chi connectivity index (χ1v) is 4.06. The summed E-state index contributed by atoms with van der Waals surface area (Å²) in [5.41, 5.74) is -0.681. The van der Waals surface area contributed by atoms with E-state index >= 15 is 0 Å². The van der Waals surface area contributed by atoms with E-state index in [2.05, 4.69) is 0 Å². The second-order valence-electron chi connectivity index (χ2n) is 3.69. The number of aliphatic carboxylic acids is 1. The molecule has 0 bridgehead atoms. The van der Waals surface area contributed by atoms with Gasteiger partial charge < -0.3 is 15.2 Å². The number of alkyl halides is 1. The Labute approximate surface area is 81.2 Å². The minimum absolute atomic E-state index is 0.593. The Morgan fingerprint density at radius 2 is 2.00 bits per heavy atom. The average molecular weight is 207 g/mol. The quantitative estimate of drug-likeness (QED) is 0.722. The first-order chi connectivity index (χ1) is 6.22. The second-order valence-corrected chi connectivity index (χ2v) is 3.69. The molecule has 5 nitrogen and oxygen atoms in total. The molecule has 14 heavy (non-hydrogen) atoms. The third-order valence-corrected chi connectivity index (χ3v) is 1.09. The zero-order valence-electron chi connectivity index (χ0n) is 8.33. The third-order valence-electron chi connectivity index (χ3n) is 1.09. The normalized spacial score (nSPS) is 13.1. The van der Waals surface area contributed by atoms with Crippen LogP contribution in [0.15, 0.2) is 0 Å². The van der Waals surface area contributed by atoms with Crippen molar-refractivity contribution in [3.05, 3.63) is 0 Å². The van der Waals surface area contributed by atoms with Crippen LogP contribution in [0.5, 0.6) is 0 Å². The number of carboxylic acid groups (broad SMARTS) is 1. The Kier molecular flexibility index (Phi) is 4.33. The molecule has 1 amide bonds. The summed E-state index contributed by atoms with van der Waals surface area (Å²) in [5.74, 6) is -1.61. The topological polar surface area (TPSA) is 75.6 Å². The van der Waals surface area contributed by atoms with Gasteiger partial charge in [0.2, 0.25) is 6.17 Å². The van der Waals surface area contributed by atoms with Crippen molar-refractivity contribution in [3.63, 3.8) is 0 Å². The van der Waals surface area contributed by atoms with E-state index in [1.165, 1.54) is 0 Å². The van der Waals surface area contributed by atoms with Gasteiger partial charge in [-0.15, -0.1) is 0 Å². The molecular formula is C8H14FNO4. The molecule has 0 heterocycles. The van der Waals surface area contributed by atoms with Gasteiger partial charge in [-0.25, -0.2) is 14.0 Å². The smallest absolute Gasteiger partial charge is 0.407 e. The second kappa shape index (κ2) is 4.78. The highest BCUT2D eigenvalue weighted by atomic mass is 19.1. The largest absolute Gasteiger partial charge is 0.479 e. The van der Waals surface area contributed by atoms with Gasteiger partial charge in [-0.05, 0) is 20.8 Å². The molecule has 6 heteroatoms. The van der Waals surface area contributed by atoms with Gasteiger partial charge in [0.05, 0.1) is 6.54 Å². The Hall–Kier alpha value is -1.33. The molecule has 0 aliphatic heterocycles. The van der Waals surface area contributed by atoms with Crippen molar-refractivity contribution in [3.8, 4) is 0 Å². The molecular weight excluding hydrogens is 193 g/mol. The lowest BCUT2D eigenvalue weighted by Crippen LogP contribution is -2.37. The highest BCUT2D eigenvalue weighted by Crippen LogP contribution is 2.06. The van der Waals surface area contributed by atoms with Gasteiger partial charge in [-0.3, -0.25) is 0 Å². The van der Waals surface area contributed by atoms with E-state index in [0.29, 0.717) is 0 Å². The molecule has 0 fully saturated rings. The van der Waals surface area contributed by atoms with E-state index in [1.54, 1.807) is 20.8 Å². The van der Waals surface area contributed by atoms with E-state index in [1.807, 2.05) is 5.32 Å². The minimum atomic E-state index is -2.11. The molecule has 0 spiro atoms. The molecule has 0 radical (unpaired) electrons. The van der Waals surface area contributed by atoms with Crippen LogP contribution in [0.3, 0.4) is 0 Å². The van der Waals surface area contributed by atoms with Crippen LogP contribution in [-0.2, 0) is 9.53 Å². The number of alkyl carbamates (subject to hydrolysis) is 1. The van der Waals surface area contributed by atoms with Crippen molar-refractivity contribution < 1.29 is 23.8 Å². The molecule has 2 N–H and O–H groups in total. The van der Waals surface area contributed by atoms with Crippen LogP contribution in [-0.4, -0.2) is 35.5 Å². The third kappa shape index (κ3) is 6.22. The molecule has 0 aromatic carbocycles. The fourth-order valence-electron chi connectivity index (χ4n) is 0.574. The predicted molar refractivity (Wildman–Crippen MR) is 46.8 cm³/mol.